The molecule has 0 unspecified atom stereocenters. The van der Waals surface area contributed by atoms with E-state index in [1.54, 1.807) is 0 Å². The first-order chi connectivity index (χ1) is 10.7. The van der Waals surface area contributed by atoms with E-state index in [2.05, 4.69) is 20.9 Å². The molecule has 2 rings (SSSR count). The van der Waals surface area contributed by atoms with Crippen LogP contribution in [0.15, 0.2) is 39.8 Å². The number of ether oxygens (including phenoxy) is 1. The monoisotopic (exact) mass is 393 g/mol. The van der Waals surface area contributed by atoms with Crippen molar-refractivity contribution in [1.82, 2.24) is 0 Å². The van der Waals surface area contributed by atoms with Crippen molar-refractivity contribution in [2.45, 2.75) is 6.18 Å². The van der Waals surface area contributed by atoms with Gasteiger partial charge in [0, 0.05) is 10.5 Å². The maximum atomic E-state index is 13.7. The Morgan fingerprint density at radius 3 is 2.17 bits per heavy atom. The number of isocyanates is 1. The average molecular weight is 394 g/mol. The van der Waals surface area contributed by atoms with Gasteiger partial charge in [0.1, 0.15) is 5.75 Å². The number of halogens is 6. The molecule has 0 aliphatic carbocycles. The first kappa shape index (κ1) is 17.1. The molecule has 0 aliphatic rings. The van der Waals surface area contributed by atoms with Gasteiger partial charge in [0.25, 0.3) is 0 Å². The van der Waals surface area contributed by atoms with Crippen molar-refractivity contribution >= 4 is 27.7 Å². The van der Waals surface area contributed by atoms with Crippen LogP contribution in [-0.4, -0.2) is 6.08 Å². The fourth-order valence-corrected chi connectivity index (χ4v) is 2.12. The van der Waals surface area contributed by atoms with Crippen LogP contribution in [0.2, 0.25) is 0 Å². The molecular formula is C14H5BrF5NO2. The third kappa shape index (κ3) is 4.14. The van der Waals surface area contributed by atoms with E-state index in [9.17, 15) is 26.7 Å². The Labute approximate surface area is 134 Å². The summed E-state index contributed by atoms with van der Waals surface area (Å²) in [5.41, 5.74) is -1.39. The smallest absolute Gasteiger partial charge is 0.416 e. The molecule has 0 saturated carbocycles. The molecule has 0 fully saturated rings. The molecule has 9 heteroatoms. The fourth-order valence-electron chi connectivity index (χ4n) is 1.66. The average Bonchev–Trinajstić information content (AvgIpc) is 2.41. The van der Waals surface area contributed by atoms with Crippen molar-refractivity contribution in [1.29, 1.82) is 0 Å². The SMILES string of the molecule is O=C=Nc1cc(Br)cc(Oc2c(F)cc(C(F)(F)F)cc2F)c1. The predicted molar refractivity (Wildman–Crippen MR) is 73.4 cm³/mol. The van der Waals surface area contributed by atoms with Gasteiger partial charge in [-0.2, -0.15) is 18.2 Å². The topological polar surface area (TPSA) is 38.7 Å². The highest BCUT2D eigenvalue weighted by Crippen LogP contribution is 2.36. The first-order valence-corrected chi connectivity index (χ1v) is 6.62. The number of hydrogen-bond donors (Lipinski definition) is 0. The molecule has 0 heterocycles. The van der Waals surface area contributed by atoms with Crippen LogP contribution >= 0.6 is 15.9 Å². The van der Waals surface area contributed by atoms with Crippen LogP contribution in [0.5, 0.6) is 11.5 Å². The molecule has 0 amide bonds. The molecule has 23 heavy (non-hydrogen) atoms. The number of rotatable bonds is 3. The maximum Gasteiger partial charge on any atom is 0.416 e. The molecule has 0 spiro atoms. The molecule has 0 aliphatic heterocycles. The van der Waals surface area contributed by atoms with Gasteiger partial charge in [-0.3, -0.25) is 0 Å². The summed E-state index contributed by atoms with van der Waals surface area (Å²) in [6.07, 6.45) is -3.61. The summed E-state index contributed by atoms with van der Waals surface area (Å²) in [5.74, 6) is -4.17. The third-order valence-corrected chi connectivity index (χ3v) is 3.03. The van der Waals surface area contributed by atoms with Crippen molar-refractivity contribution in [3.63, 3.8) is 0 Å². The van der Waals surface area contributed by atoms with Crippen molar-refractivity contribution in [3.8, 4) is 11.5 Å². The van der Waals surface area contributed by atoms with Gasteiger partial charge < -0.3 is 4.74 Å². The minimum atomic E-state index is -4.89. The number of carbonyl (C=O) groups excluding carboxylic acids is 1. The Balaban J connectivity index is 2.43. The second kappa shape index (κ2) is 6.47. The summed E-state index contributed by atoms with van der Waals surface area (Å²) in [6.45, 7) is 0. The molecule has 0 bridgehead atoms. The Hall–Kier alpha value is -2.25. The number of alkyl halides is 3. The molecule has 3 nitrogen and oxygen atoms in total. The van der Waals surface area contributed by atoms with Gasteiger partial charge in [0.05, 0.1) is 11.3 Å². The van der Waals surface area contributed by atoms with Crippen molar-refractivity contribution in [2.75, 3.05) is 0 Å². The van der Waals surface area contributed by atoms with Crippen molar-refractivity contribution in [3.05, 3.63) is 52.0 Å². The minimum absolute atomic E-state index is 0.0807. The van der Waals surface area contributed by atoms with E-state index in [1.165, 1.54) is 18.2 Å². The zero-order valence-corrected chi connectivity index (χ0v) is 12.5. The van der Waals surface area contributed by atoms with Gasteiger partial charge in [0.15, 0.2) is 17.4 Å². The number of benzene rings is 2. The fraction of sp³-hybridized carbons (Fsp3) is 0.0714. The highest BCUT2D eigenvalue weighted by atomic mass is 79.9. The molecule has 0 radical (unpaired) electrons. The van der Waals surface area contributed by atoms with E-state index < -0.39 is 29.1 Å². The van der Waals surface area contributed by atoms with Crippen LogP contribution in [0, 0.1) is 11.6 Å². The molecule has 2 aromatic rings. The van der Waals surface area contributed by atoms with Crippen molar-refractivity contribution < 1.29 is 31.5 Å². The highest BCUT2D eigenvalue weighted by molar-refractivity contribution is 9.10. The lowest BCUT2D eigenvalue weighted by molar-refractivity contribution is -0.138. The van der Waals surface area contributed by atoms with Gasteiger partial charge in [-0.15, -0.1) is 0 Å². The lowest BCUT2D eigenvalue weighted by Gasteiger charge is -2.12. The quantitative estimate of drug-likeness (QED) is 0.392. The van der Waals surface area contributed by atoms with Crippen LogP contribution in [0.25, 0.3) is 0 Å². The van der Waals surface area contributed by atoms with Gasteiger partial charge in [0.2, 0.25) is 6.08 Å². The van der Waals surface area contributed by atoms with E-state index in [0.717, 1.165) is 6.07 Å². The highest BCUT2D eigenvalue weighted by Gasteiger charge is 2.33. The van der Waals surface area contributed by atoms with Crippen LogP contribution in [0.4, 0.5) is 27.6 Å². The second-order valence-electron chi connectivity index (χ2n) is 4.22. The first-order valence-electron chi connectivity index (χ1n) is 5.83. The Kier molecular flexibility index (Phi) is 4.82. The third-order valence-electron chi connectivity index (χ3n) is 2.58. The van der Waals surface area contributed by atoms with Crippen LogP contribution in [0.3, 0.4) is 0 Å². The van der Waals surface area contributed by atoms with E-state index >= 15 is 0 Å². The molecule has 0 aromatic heterocycles. The lowest BCUT2D eigenvalue weighted by atomic mass is 10.2. The molecule has 0 atom stereocenters. The Bertz CT molecular complexity index is 777. The van der Waals surface area contributed by atoms with Crippen LogP contribution in [-0.2, 0) is 11.0 Å². The zero-order chi connectivity index (χ0) is 17.2. The standard InChI is InChI=1S/C14H5BrF5NO2/c15-8-3-9(21-6-22)5-10(4-8)23-13-11(16)1-7(2-12(13)17)14(18,19)20/h1-5H. The largest absolute Gasteiger partial charge is 0.451 e. The van der Waals surface area contributed by atoms with Crippen LogP contribution in [0.1, 0.15) is 5.56 Å². The number of aliphatic imine (C=N–C) groups is 1. The molecule has 0 N–H and O–H groups in total. The summed E-state index contributed by atoms with van der Waals surface area (Å²) in [7, 11) is 0. The van der Waals surface area contributed by atoms with E-state index in [-0.39, 0.29) is 23.6 Å². The van der Waals surface area contributed by atoms with Crippen LogP contribution < -0.4 is 4.74 Å². The van der Waals surface area contributed by atoms with Gasteiger partial charge in [-0.1, -0.05) is 15.9 Å². The summed E-state index contributed by atoms with van der Waals surface area (Å²) < 4.78 is 70.1. The zero-order valence-electron chi connectivity index (χ0n) is 10.9. The summed E-state index contributed by atoms with van der Waals surface area (Å²) in [6, 6.07) is 4.10. The molecule has 0 saturated heterocycles. The minimum Gasteiger partial charge on any atom is -0.451 e. The van der Waals surface area contributed by atoms with Gasteiger partial charge >= 0.3 is 6.18 Å². The molecular weight excluding hydrogens is 389 g/mol. The van der Waals surface area contributed by atoms with Gasteiger partial charge in [-0.05, 0) is 24.3 Å². The number of hydrogen-bond acceptors (Lipinski definition) is 3. The van der Waals surface area contributed by atoms with Gasteiger partial charge in [-0.25, -0.2) is 13.6 Å². The second-order valence-corrected chi connectivity index (χ2v) is 5.13. The maximum absolute atomic E-state index is 13.7. The Morgan fingerprint density at radius 2 is 1.65 bits per heavy atom. The van der Waals surface area contributed by atoms with E-state index in [4.69, 9.17) is 4.74 Å². The summed E-state index contributed by atoms with van der Waals surface area (Å²) in [5, 5.41) is 0. The van der Waals surface area contributed by atoms with E-state index in [1.807, 2.05) is 0 Å². The van der Waals surface area contributed by atoms with E-state index in [0.29, 0.717) is 4.47 Å². The summed E-state index contributed by atoms with van der Waals surface area (Å²) in [4.78, 5) is 13.5. The normalized spacial score (nSPS) is 11.0. The Morgan fingerprint density at radius 1 is 1.04 bits per heavy atom. The molecule has 120 valence electrons. The predicted octanol–water partition coefficient (Wildman–Crippen LogP) is 5.51. The lowest BCUT2D eigenvalue weighted by Crippen LogP contribution is -2.07. The number of nitrogens with zero attached hydrogens (tertiary/aromatic N) is 1. The van der Waals surface area contributed by atoms with Crippen molar-refractivity contribution in [2.24, 2.45) is 4.99 Å². The summed E-state index contributed by atoms with van der Waals surface area (Å²) >= 11 is 3.07. The molecule has 2 aromatic carbocycles.